The molecule has 2 aromatic rings. The summed E-state index contributed by atoms with van der Waals surface area (Å²) < 4.78 is 28.2. The van der Waals surface area contributed by atoms with Crippen molar-refractivity contribution in [3.63, 3.8) is 0 Å². The molecular formula is C15H21N5O2S. The van der Waals surface area contributed by atoms with E-state index >= 15 is 0 Å². The van der Waals surface area contributed by atoms with Gasteiger partial charge in [-0.3, -0.25) is 4.68 Å². The fourth-order valence-electron chi connectivity index (χ4n) is 2.62. The SMILES string of the molecule is Cc1c(CNc2ccc(S(=O)(=O)N3CCCC3)cn2)cnn1C. The Bertz CT molecular complexity index is 777. The molecule has 1 fully saturated rings. The quantitative estimate of drug-likeness (QED) is 0.896. The van der Waals surface area contributed by atoms with Gasteiger partial charge in [-0.25, -0.2) is 13.4 Å². The normalized spacial score (nSPS) is 15.9. The van der Waals surface area contributed by atoms with E-state index in [9.17, 15) is 8.42 Å². The highest BCUT2D eigenvalue weighted by Gasteiger charge is 2.27. The van der Waals surface area contributed by atoms with Crippen LogP contribution in [0.25, 0.3) is 0 Å². The summed E-state index contributed by atoms with van der Waals surface area (Å²) in [6.45, 7) is 3.80. The summed E-state index contributed by atoms with van der Waals surface area (Å²) in [5.41, 5.74) is 2.17. The van der Waals surface area contributed by atoms with Gasteiger partial charge in [0.1, 0.15) is 10.7 Å². The lowest BCUT2D eigenvalue weighted by Crippen LogP contribution is -2.27. The number of aryl methyl sites for hydroxylation is 1. The molecular weight excluding hydrogens is 314 g/mol. The van der Waals surface area contributed by atoms with Crippen molar-refractivity contribution in [1.82, 2.24) is 19.1 Å². The Balaban J connectivity index is 1.68. The minimum absolute atomic E-state index is 0.252. The zero-order chi connectivity index (χ0) is 16.4. The molecule has 0 atom stereocenters. The second-order valence-electron chi connectivity index (χ2n) is 5.72. The predicted octanol–water partition coefficient (Wildman–Crippen LogP) is 1.52. The van der Waals surface area contributed by atoms with E-state index in [0.717, 1.165) is 24.1 Å². The molecule has 0 amide bonds. The highest BCUT2D eigenvalue weighted by Crippen LogP contribution is 2.21. The van der Waals surface area contributed by atoms with Crippen LogP contribution in [0.5, 0.6) is 0 Å². The van der Waals surface area contributed by atoms with Gasteiger partial charge in [-0.2, -0.15) is 9.40 Å². The van der Waals surface area contributed by atoms with E-state index < -0.39 is 10.0 Å². The third kappa shape index (κ3) is 3.23. The minimum Gasteiger partial charge on any atom is -0.366 e. The predicted molar refractivity (Wildman–Crippen MR) is 87.5 cm³/mol. The van der Waals surface area contributed by atoms with E-state index in [2.05, 4.69) is 15.4 Å². The maximum atomic E-state index is 12.4. The van der Waals surface area contributed by atoms with Crippen molar-refractivity contribution in [2.45, 2.75) is 31.2 Å². The summed E-state index contributed by atoms with van der Waals surface area (Å²) in [6, 6.07) is 3.31. The first-order valence-corrected chi connectivity index (χ1v) is 9.10. The van der Waals surface area contributed by atoms with Gasteiger partial charge in [0, 0.05) is 44.1 Å². The lowest BCUT2D eigenvalue weighted by molar-refractivity contribution is 0.477. The summed E-state index contributed by atoms with van der Waals surface area (Å²) >= 11 is 0. The van der Waals surface area contributed by atoms with Crippen molar-refractivity contribution in [3.05, 3.63) is 35.8 Å². The fourth-order valence-corrected chi connectivity index (χ4v) is 4.08. The molecule has 0 aromatic carbocycles. The maximum absolute atomic E-state index is 12.4. The molecule has 0 unspecified atom stereocenters. The monoisotopic (exact) mass is 335 g/mol. The molecule has 7 nitrogen and oxygen atoms in total. The van der Waals surface area contributed by atoms with Crippen LogP contribution in [0.15, 0.2) is 29.4 Å². The van der Waals surface area contributed by atoms with Crippen molar-refractivity contribution in [2.75, 3.05) is 18.4 Å². The molecule has 2 aromatic heterocycles. The number of nitrogens with one attached hydrogen (secondary N) is 1. The van der Waals surface area contributed by atoms with E-state index in [1.807, 2.05) is 24.9 Å². The molecule has 3 rings (SSSR count). The smallest absolute Gasteiger partial charge is 0.244 e. The topological polar surface area (TPSA) is 80.1 Å². The van der Waals surface area contributed by atoms with Crippen LogP contribution >= 0.6 is 0 Å². The van der Waals surface area contributed by atoms with Gasteiger partial charge in [0.05, 0.1) is 6.20 Å². The number of anilines is 1. The zero-order valence-electron chi connectivity index (χ0n) is 13.4. The zero-order valence-corrected chi connectivity index (χ0v) is 14.2. The number of hydrogen-bond acceptors (Lipinski definition) is 5. The number of sulfonamides is 1. The van der Waals surface area contributed by atoms with Crippen molar-refractivity contribution >= 4 is 15.8 Å². The minimum atomic E-state index is -3.40. The number of aromatic nitrogens is 3. The van der Waals surface area contributed by atoms with Gasteiger partial charge in [0.25, 0.3) is 0 Å². The van der Waals surface area contributed by atoms with Gasteiger partial charge < -0.3 is 5.32 Å². The molecule has 3 heterocycles. The summed E-state index contributed by atoms with van der Waals surface area (Å²) in [4.78, 5) is 4.48. The maximum Gasteiger partial charge on any atom is 0.244 e. The molecule has 0 saturated carbocycles. The highest BCUT2D eigenvalue weighted by atomic mass is 32.2. The molecule has 1 saturated heterocycles. The van der Waals surface area contributed by atoms with Crippen LogP contribution in [0.3, 0.4) is 0 Å². The van der Waals surface area contributed by atoms with Crippen molar-refractivity contribution in [2.24, 2.45) is 7.05 Å². The van der Waals surface area contributed by atoms with Crippen LogP contribution in [0.4, 0.5) is 5.82 Å². The van der Waals surface area contributed by atoms with E-state index in [4.69, 9.17) is 0 Å². The molecule has 1 N–H and O–H groups in total. The Morgan fingerprint density at radius 1 is 1.22 bits per heavy atom. The Hall–Kier alpha value is -1.93. The van der Waals surface area contributed by atoms with Crippen LogP contribution in [-0.2, 0) is 23.6 Å². The molecule has 1 aliphatic heterocycles. The van der Waals surface area contributed by atoms with Crippen molar-refractivity contribution < 1.29 is 8.42 Å². The molecule has 0 radical (unpaired) electrons. The highest BCUT2D eigenvalue weighted by molar-refractivity contribution is 7.89. The van der Waals surface area contributed by atoms with Crippen molar-refractivity contribution in [1.29, 1.82) is 0 Å². The van der Waals surface area contributed by atoms with Crippen molar-refractivity contribution in [3.8, 4) is 0 Å². The van der Waals surface area contributed by atoms with Crippen LogP contribution < -0.4 is 5.32 Å². The van der Waals surface area contributed by atoms with Crippen LogP contribution in [0, 0.1) is 6.92 Å². The first-order chi connectivity index (χ1) is 11.0. The number of pyridine rings is 1. The number of hydrogen-bond donors (Lipinski definition) is 1. The first kappa shape index (κ1) is 15.9. The van der Waals surface area contributed by atoms with Gasteiger partial charge in [0.15, 0.2) is 0 Å². The average Bonchev–Trinajstić information content (AvgIpc) is 3.18. The average molecular weight is 335 g/mol. The summed E-state index contributed by atoms with van der Waals surface area (Å²) in [5.74, 6) is 0.647. The van der Waals surface area contributed by atoms with Gasteiger partial charge in [-0.15, -0.1) is 0 Å². The molecule has 124 valence electrons. The van der Waals surface area contributed by atoms with Gasteiger partial charge in [-0.05, 0) is 31.9 Å². The Labute approximate surface area is 136 Å². The molecule has 23 heavy (non-hydrogen) atoms. The third-order valence-corrected chi connectivity index (χ3v) is 6.12. The molecule has 0 spiro atoms. The largest absolute Gasteiger partial charge is 0.366 e. The van der Waals surface area contributed by atoms with Gasteiger partial charge >= 0.3 is 0 Å². The third-order valence-electron chi connectivity index (χ3n) is 4.24. The Morgan fingerprint density at radius 3 is 2.52 bits per heavy atom. The molecule has 0 aliphatic carbocycles. The van der Waals surface area contributed by atoms with E-state index in [1.165, 1.54) is 10.5 Å². The van der Waals surface area contributed by atoms with Crippen LogP contribution in [0.1, 0.15) is 24.1 Å². The number of nitrogens with zero attached hydrogens (tertiary/aromatic N) is 4. The Morgan fingerprint density at radius 2 is 1.96 bits per heavy atom. The van der Waals surface area contributed by atoms with E-state index in [-0.39, 0.29) is 4.90 Å². The number of rotatable bonds is 5. The fraction of sp³-hybridized carbons (Fsp3) is 0.467. The van der Waals surface area contributed by atoms with Crippen LogP contribution in [0.2, 0.25) is 0 Å². The molecule has 1 aliphatic rings. The molecule has 8 heteroatoms. The standard InChI is InChI=1S/C15H21N5O2S/c1-12-13(10-18-19(12)2)9-16-15-6-5-14(11-17-15)23(21,22)20-7-3-4-8-20/h5-6,10-11H,3-4,7-9H2,1-2H3,(H,16,17). The lowest BCUT2D eigenvalue weighted by atomic mass is 10.2. The first-order valence-electron chi connectivity index (χ1n) is 7.66. The van der Waals surface area contributed by atoms with E-state index in [0.29, 0.717) is 25.5 Å². The van der Waals surface area contributed by atoms with E-state index in [1.54, 1.807) is 12.1 Å². The molecule has 0 bridgehead atoms. The summed E-state index contributed by atoms with van der Waals surface area (Å²) in [5, 5.41) is 7.38. The second-order valence-corrected chi connectivity index (χ2v) is 7.66. The van der Waals surface area contributed by atoms with Crippen LogP contribution in [-0.4, -0.2) is 40.6 Å². The second kappa shape index (κ2) is 6.29. The van der Waals surface area contributed by atoms with Gasteiger partial charge in [0.2, 0.25) is 10.0 Å². The van der Waals surface area contributed by atoms with Gasteiger partial charge in [-0.1, -0.05) is 0 Å². The summed E-state index contributed by atoms with van der Waals surface area (Å²) in [7, 11) is -1.50. The summed E-state index contributed by atoms with van der Waals surface area (Å²) in [6.07, 6.45) is 5.09. The lowest BCUT2D eigenvalue weighted by Gasteiger charge is -2.15. The Kier molecular flexibility index (Phi) is 4.36.